The van der Waals surface area contributed by atoms with Gasteiger partial charge in [0.2, 0.25) is 0 Å². The maximum Gasteiger partial charge on any atom is 0.0757 e. The van der Waals surface area contributed by atoms with E-state index in [1.807, 2.05) is 0 Å². The smallest absolute Gasteiger partial charge is 0.0757 e. The molecule has 1 saturated heterocycles. The van der Waals surface area contributed by atoms with Gasteiger partial charge in [0.15, 0.2) is 0 Å². The lowest BCUT2D eigenvalue weighted by molar-refractivity contribution is -0.131. The van der Waals surface area contributed by atoms with Crippen LogP contribution >= 0.6 is 0 Å². The van der Waals surface area contributed by atoms with Crippen molar-refractivity contribution in [2.45, 2.75) is 52.7 Å². The summed E-state index contributed by atoms with van der Waals surface area (Å²) in [4.78, 5) is 2.52. The number of nitrogens with zero attached hydrogens (tertiary/aromatic N) is 1. The molecule has 2 unspecified atom stereocenters. The Morgan fingerprint density at radius 1 is 1.41 bits per heavy atom. The molecular formula is C14H30N2O. The molecule has 2 N–H and O–H groups in total. The van der Waals surface area contributed by atoms with Gasteiger partial charge >= 0.3 is 0 Å². The third-order valence-electron chi connectivity index (χ3n) is 3.29. The number of morpholine rings is 1. The number of hydrogen-bond acceptors (Lipinski definition) is 3. The second kappa shape index (κ2) is 6.17. The Balaban J connectivity index is 2.48. The Hall–Kier alpha value is -0.120. The highest BCUT2D eigenvalue weighted by molar-refractivity contribution is 4.83. The highest BCUT2D eigenvalue weighted by Gasteiger charge is 2.31. The molecule has 2 atom stereocenters. The van der Waals surface area contributed by atoms with E-state index in [4.69, 9.17) is 10.5 Å². The van der Waals surface area contributed by atoms with Crippen molar-refractivity contribution >= 4 is 0 Å². The quantitative estimate of drug-likeness (QED) is 0.802. The fourth-order valence-corrected chi connectivity index (χ4v) is 3.00. The maximum absolute atomic E-state index is 5.93. The standard InChI is InChI=1S/C14H30N2O/c1-11(2)6-13(7-15)9-16-8-12(3)17-14(4,5)10-16/h11-13H,6-10,15H2,1-5H3. The average molecular weight is 242 g/mol. The summed E-state index contributed by atoms with van der Waals surface area (Å²) in [5.41, 5.74) is 5.86. The zero-order chi connectivity index (χ0) is 13.1. The third-order valence-corrected chi connectivity index (χ3v) is 3.29. The SMILES string of the molecule is CC(C)CC(CN)CN1CC(C)OC(C)(C)C1. The van der Waals surface area contributed by atoms with Gasteiger partial charge in [0.1, 0.15) is 0 Å². The van der Waals surface area contributed by atoms with E-state index in [0.29, 0.717) is 12.0 Å². The summed E-state index contributed by atoms with van der Waals surface area (Å²) in [6.07, 6.45) is 1.55. The van der Waals surface area contributed by atoms with Gasteiger partial charge in [0.05, 0.1) is 11.7 Å². The lowest BCUT2D eigenvalue weighted by atomic mass is 9.95. The normalized spacial score (nSPS) is 27.4. The van der Waals surface area contributed by atoms with Gasteiger partial charge in [-0.3, -0.25) is 4.90 Å². The van der Waals surface area contributed by atoms with E-state index in [0.717, 1.165) is 32.1 Å². The molecule has 0 bridgehead atoms. The van der Waals surface area contributed by atoms with Crippen LogP contribution in [0.2, 0.25) is 0 Å². The van der Waals surface area contributed by atoms with Crippen molar-refractivity contribution in [3.63, 3.8) is 0 Å². The summed E-state index contributed by atoms with van der Waals surface area (Å²) in [7, 11) is 0. The Bertz CT molecular complexity index is 228. The molecule has 0 aromatic rings. The molecule has 1 rings (SSSR count). The van der Waals surface area contributed by atoms with Gasteiger partial charge in [-0.05, 0) is 45.6 Å². The van der Waals surface area contributed by atoms with Crippen molar-refractivity contribution in [3.05, 3.63) is 0 Å². The monoisotopic (exact) mass is 242 g/mol. The van der Waals surface area contributed by atoms with Crippen molar-refractivity contribution in [1.82, 2.24) is 4.90 Å². The Labute approximate surface area is 107 Å². The van der Waals surface area contributed by atoms with Gasteiger partial charge in [-0.2, -0.15) is 0 Å². The first kappa shape index (κ1) is 14.9. The minimum absolute atomic E-state index is 0.0192. The molecule has 17 heavy (non-hydrogen) atoms. The van der Waals surface area contributed by atoms with E-state index < -0.39 is 0 Å². The number of nitrogens with two attached hydrogens (primary N) is 1. The van der Waals surface area contributed by atoms with Gasteiger partial charge in [-0.15, -0.1) is 0 Å². The minimum Gasteiger partial charge on any atom is -0.370 e. The van der Waals surface area contributed by atoms with E-state index in [-0.39, 0.29) is 5.60 Å². The zero-order valence-electron chi connectivity index (χ0n) is 12.2. The van der Waals surface area contributed by atoms with Crippen LogP contribution in [0.3, 0.4) is 0 Å². The van der Waals surface area contributed by atoms with Crippen LogP contribution in [-0.2, 0) is 4.74 Å². The molecule has 0 aromatic heterocycles. The molecule has 3 nitrogen and oxygen atoms in total. The topological polar surface area (TPSA) is 38.5 Å². The minimum atomic E-state index is -0.0192. The van der Waals surface area contributed by atoms with Crippen LogP contribution in [0.25, 0.3) is 0 Å². The molecule has 0 amide bonds. The van der Waals surface area contributed by atoms with Gasteiger partial charge in [0.25, 0.3) is 0 Å². The van der Waals surface area contributed by atoms with E-state index >= 15 is 0 Å². The molecule has 0 spiro atoms. The van der Waals surface area contributed by atoms with E-state index in [1.54, 1.807) is 0 Å². The van der Waals surface area contributed by atoms with Crippen LogP contribution in [0.15, 0.2) is 0 Å². The molecule has 102 valence electrons. The van der Waals surface area contributed by atoms with Crippen LogP contribution in [0, 0.1) is 11.8 Å². The summed E-state index contributed by atoms with van der Waals surface area (Å²) >= 11 is 0. The van der Waals surface area contributed by atoms with Gasteiger partial charge in [0, 0.05) is 19.6 Å². The Morgan fingerprint density at radius 2 is 2.06 bits per heavy atom. The lowest BCUT2D eigenvalue weighted by Gasteiger charge is -2.43. The first-order valence-electron chi connectivity index (χ1n) is 6.92. The molecule has 1 fully saturated rings. The van der Waals surface area contributed by atoms with Gasteiger partial charge in [-0.25, -0.2) is 0 Å². The molecule has 1 heterocycles. The van der Waals surface area contributed by atoms with Crippen molar-refractivity contribution in [2.75, 3.05) is 26.2 Å². The van der Waals surface area contributed by atoms with Crippen LogP contribution in [0.4, 0.5) is 0 Å². The number of ether oxygens (including phenoxy) is 1. The molecule has 0 radical (unpaired) electrons. The van der Waals surface area contributed by atoms with Crippen molar-refractivity contribution in [2.24, 2.45) is 17.6 Å². The third kappa shape index (κ3) is 5.36. The van der Waals surface area contributed by atoms with Crippen molar-refractivity contribution in [1.29, 1.82) is 0 Å². The summed E-state index contributed by atoms with van der Waals surface area (Å²) in [5.74, 6) is 1.35. The maximum atomic E-state index is 5.93. The summed E-state index contributed by atoms with van der Waals surface area (Å²) in [6, 6.07) is 0. The van der Waals surface area contributed by atoms with Crippen LogP contribution in [0.1, 0.15) is 41.0 Å². The average Bonchev–Trinajstić information content (AvgIpc) is 2.12. The lowest BCUT2D eigenvalue weighted by Crippen LogP contribution is -2.53. The highest BCUT2D eigenvalue weighted by Crippen LogP contribution is 2.22. The second-order valence-electron chi connectivity index (χ2n) is 6.61. The van der Waals surface area contributed by atoms with E-state index in [1.165, 1.54) is 6.42 Å². The van der Waals surface area contributed by atoms with Gasteiger partial charge < -0.3 is 10.5 Å². The van der Waals surface area contributed by atoms with E-state index in [2.05, 4.69) is 39.5 Å². The second-order valence-corrected chi connectivity index (χ2v) is 6.61. The zero-order valence-corrected chi connectivity index (χ0v) is 12.2. The van der Waals surface area contributed by atoms with Gasteiger partial charge in [-0.1, -0.05) is 13.8 Å². The Kier molecular flexibility index (Phi) is 5.42. The molecule has 0 aromatic carbocycles. The number of rotatable bonds is 5. The first-order valence-corrected chi connectivity index (χ1v) is 6.92. The summed E-state index contributed by atoms with van der Waals surface area (Å²) in [5, 5.41) is 0. The highest BCUT2D eigenvalue weighted by atomic mass is 16.5. The molecule has 1 aliphatic heterocycles. The predicted molar refractivity (Wildman–Crippen MR) is 73.1 cm³/mol. The first-order chi connectivity index (χ1) is 7.82. The molecule has 1 aliphatic rings. The van der Waals surface area contributed by atoms with Crippen LogP contribution in [0.5, 0.6) is 0 Å². The van der Waals surface area contributed by atoms with E-state index in [9.17, 15) is 0 Å². The van der Waals surface area contributed by atoms with Crippen LogP contribution < -0.4 is 5.73 Å². The van der Waals surface area contributed by atoms with Crippen molar-refractivity contribution < 1.29 is 4.74 Å². The summed E-state index contributed by atoms with van der Waals surface area (Å²) < 4.78 is 5.93. The molecule has 3 heteroatoms. The molecular weight excluding hydrogens is 212 g/mol. The molecule has 0 saturated carbocycles. The Morgan fingerprint density at radius 3 is 2.53 bits per heavy atom. The van der Waals surface area contributed by atoms with Crippen LogP contribution in [-0.4, -0.2) is 42.8 Å². The number of hydrogen-bond donors (Lipinski definition) is 1. The summed E-state index contributed by atoms with van der Waals surface area (Å²) in [6.45, 7) is 15.0. The largest absolute Gasteiger partial charge is 0.370 e. The fourth-order valence-electron chi connectivity index (χ4n) is 3.00. The van der Waals surface area contributed by atoms with Crippen molar-refractivity contribution in [3.8, 4) is 0 Å². The molecule has 0 aliphatic carbocycles. The fraction of sp³-hybridized carbons (Fsp3) is 1.00. The predicted octanol–water partition coefficient (Wildman–Crippen LogP) is 2.11.